The van der Waals surface area contributed by atoms with Crippen molar-refractivity contribution in [1.82, 2.24) is 106 Å². The van der Waals surface area contributed by atoms with Gasteiger partial charge in [0.15, 0.2) is 0 Å². The molecule has 0 saturated carbocycles. The number of fused-ring (bicyclic) bond motifs is 8. The van der Waals surface area contributed by atoms with Crippen LogP contribution in [0.1, 0.15) is 172 Å². The van der Waals surface area contributed by atoms with Crippen molar-refractivity contribution in [1.29, 1.82) is 0 Å². The van der Waals surface area contributed by atoms with E-state index in [4.69, 9.17) is 17.2 Å². The number of aromatic nitrogens is 2. The summed E-state index contributed by atoms with van der Waals surface area (Å²) in [5.41, 5.74) is 18.0. The van der Waals surface area contributed by atoms with E-state index in [2.05, 4.69) is 120 Å². The fraction of sp³-hybridized carbons (Fsp3) is 0.762. The van der Waals surface area contributed by atoms with Gasteiger partial charge < -0.3 is 106 Å². The molecule has 45 nitrogen and oxygen atoms in total. The van der Waals surface area contributed by atoms with Crippen molar-refractivity contribution in [2.45, 2.75) is 305 Å². The van der Waals surface area contributed by atoms with Crippen molar-refractivity contribution in [3.63, 3.8) is 0 Å². The number of imidazole rings is 1. The Morgan fingerprint density at radius 2 is 0.946 bits per heavy atom. The van der Waals surface area contributed by atoms with E-state index in [0.29, 0.717) is 6.42 Å². The number of carboxylic acid groups (broad SMARTS) is 5. The highest BCUT2D eigenvalue weighted by molar-refractivity contribution is 8.77. The number of H-pyrrole nitrogens is 1. The molecule has 6 aliphatic heterocycles. The molecule has 7 rings (SSSR count). The average molecular weight is 1900 g/mol. The second kappa shape index (κ2) is 51.1. The first kappa shape index (κ1) is 108. The van der Waals surface area contributed by atoms with Gasteiger partial charge in [0.05, 0.1) is 67.8 Å². The van der Waals surface area contributed by atoms with Crippen LogP contribution in [0.3, 0.4) is 0 Å². The number of unbranched alkanes of at least 4 members (excludes halogenated alkanes) is 1. The Morgan fingerprint density at radius 3 is 1.43 bits per heavy atom. The van der Waals surface area contributed by atoms with Gasteiger partial charge in [0.2, 0.25) is 65.0 Å². The number of carboxylic acids is 5. The minimum atomic E-state index is -1.90. The Morgan fingerprint density at radius 1 is 0.481 bits per heavy atom. The van der Waals surface area contributed by atoms with Crippen LogP contribution in [-0.2, 0) is 83.1 Å². The molecule has 0 aromatic carbocycles. The number of primary amides is 1. The largest absolute Gasteiger partial charge is 0.481 e. The highest BCUT2D eigenvalue weighted by Gasteiger charge is 2.54. The van der Waals surface area contributed by atoms with Gasteiger partial charge in [-0.3, -0.25) is 114 Å². The summed E-state index contributed by atoms with van der Waals surface area (Å²) in [7, 11) is 5.08. The molecule has 30 atom stereocenters. The molecule has 11 amide bonds. The second-order valence-corrected chi connectivity index (χ2v) is 40.8. The average Bonchev–Trinajstić information content (AvgIpc) is 1.61. The molecule has 1 aromatic rings. The van der Waals surface area contributed by atoms with Gasteiger partial charge in [-0.25, -0.2) is 9.78 Å². The number of amides is 11. The number of hydrogen-bond acceptors (Lipinski definition) is 32. The molecule has 30 unspecified atom stereocenters. The molecule has 0 radical (unpaired) electrons. The quantitative estimate of drug-likeness (QED) is 0.0219. The van der Waals surface area contributed by atoms with Crippen LogP contribution >= 0.6 is 43.2 Å². The minimum absolute atomic E-state index is 0.0866. The summed E-state index contributed by atoms with van der Waals surface area (Å²) in [6, 6.07) is -17.5. The predicted octanol–water partition coefficient (Wildman–Crippen LogP) is -4.27. The minimum Gasteiger partial charge on any atom is -0.481 e. The molecule has 1 aromatic heterocycles. The molecule has 49 heteroatoms. The molecule has 31 N–H and O–H groups in total. The Kier molecular flexibility index (Phi) is 42.7. The zero-order chi connectivity index (χ0) is 95.7. The number of nitrogens with zero attached hydrogens (tertiary/aromatic N) is 1. The Balaban J connectivity index is 1.32. The highest BCUT2D eigenvalue weighted by Crippen LogP contribution is 2.44. The van der Waals surface area contributed by atoms with Crippen LogP contribution < -0.4 is 113 Å². The normalized spacial score (nSPS) is 30.7. The van der Waals surface area contributed by atoms with Gasteiger partial charge in [0, 0.05) is 84.3 Å². The van der Waals surface area contributed by atoms with E-state index in [-0.39, 0.29) is 120 Å². The van der Waals surface area contributed by atoms with Crippen LogP contribution in [0.2, 0.25) is 0 Å². The molecule has 6 aliphatic rings. The molecule has 9 bridgehead atoms. The van der Waals surface area contributed by atoms with E-state index in [0.717, 1.165) is 17.7 Å². The maximum Gasteiger partial charge on any atom is 0.326 e. The second-order valence-electron chi connectivity index (χ2n) is 35.3. The number of aliphatic hydroxyl groups excluding tert-OH is 1. The van der Waals surface area contributed by atoms with E-state index in [1.165, 1.54) is 65.7 Å². The number of aliphatic carboxylic acids is 5. The highest BCUT2D eigenvalue weighted by atomic mass is 33.1. The monoisotopic (exact) mass is 1900 g/mol. The molecular weight excluding hydrogens is 1760 g/mol. The van der Waals surface area contributed by atoms with Gasteiger partial charge in [-0.05, 0) is 119 Å². The topological polar surface area (TPSA) is 718 Å². The first-order valence-corrected chi connectivity index (χ1v) is 48.7. The number of carbonyl (C=O) groups is 16. The van der Waals surface area contributed by atoms with Crippen LogP contribution in [0.4, 0.5) is 0 Å². The summed E-state index contributed by atoms with van der Waals surface area (Å²) in [5, 5.41) is 116. The van der Waals surface area contributed by atoms with Gasteiger partial charge in [0.1, 0.15) is 60.4 Å². The number of hydrogen-bond donors (Lipinski definition) is 28. The van der Waals surface area contributed by atoms with Crippen molar-refractivity contribution in [3.05, 3.63) is 18.2 Å². The van der Waals surface area contributed by atoms with E-state index in [1.807, 2.05) is 27.7 Å². The smallest absolute Gasteiger partial charge is 0.326 e. The van der Waals surface area contributed by atoms with Crippen molar-refractivity contribution in [2.75, 3.05) is 18.1 Å². The standard InChI is InChI=1S/C80H135N23O22S4/c1-32(2)59(83)77(121)89-47(19-24-55(110)111)72(116)88-45(15-13-14-26-81)71(115)92-50-29-126-128-41(12)58-37(8)65-101-68(58)99-63-35(6)44(17-23-54(108)109)67(98-63)103-66-43(16-22-53(106)107)34(5)62(97-66)96-64-36(7)57(69(100-64)102-65)40(11)129-127-30-51(93-73(117)46(18-21-52(82)105)87-70(114)38(9)86-75(50)119)76(120)91-49(27-42-28-84-31-85-42)74(118)95-61(39(10)104)79(123)94-60(33(3)4)78(122)90-48(80(124)125)20-25-56(112)113/h28,31-41,43-51,57-69,96-104H,13-27,29-30,81,83H2,1-12H3,(H2,82,105)(H,84,85)(H,86,119)(H,87,114)(H,88,116)(H,89,121)(H,90,122)(H,91,120)(H,92,115)(H,93,117)(H,94,123)(H,95,118)(H,106,107)(H,108,109)(H,110,111)(H,112,113)(H,124,125). The van der Waals surface area contributed by atoms with Gasteiger partial charge in [-0.15, -0.1) is 0 Å². The SMILES string of the molecule is CC1NC(=O)C(NC(=O)C(CCCCN)NC(=O)C(CCC(=O)O)NC(=O)C(N)C(C)C)CSSC(C)C2C3NC4NC(NC5NC(NC6NC(NC(N3)C2C)C(C(C)SSCC(C(=O)NC(Cc2cnc[nH]2)C(=O)NC(C(=O)NC(C(=O)NC(CCC(=O)O)C(=O)O)C(C)C)C(C)O)NC(=O)C(CCC(N)=O)NC1=O)C6C)C(C)C5CCC(=O)O)C(CCC(=O)O)C4C. The number of nitrogens with two attached hydrogens (primary N) is 3. The van der Waals surface area contributed by atoms with Crippen molar-refractivity contribution in [2.24, 2.45) is 76.4 Å². The van der Waals surface area contributed by atoms with Crippen LogP contribution in [0.15, 0.2) is 12.5 Å². The third kappa shape index (κ3) is 31.7. The van der Waals surface area contributed by atoms with E-state index in [9.17, 15) is 88.2 Å². The molecule has 6 fully saturated rings. The summed E-state index contributed by atoms with van der Waals surface area (Å²) >= 11 is 0. The van der Waals surface area contributed by atoms with Crippen LogP contribution in [0.25, 0.3) is 0 Å². The van der Waals surface area contributed by atoms with Crippen molar-refractivity contribution in [3.8, 4) is 0 Å². The third-order valence-electron chi connectivity index (χ3n) is 24.9. The third-order valence-corrected chi connectivity index (χ3v) is 30.8. The lowest BCUT2D eigenvalue weighted by Crippen LogP contribution is -2.62. The van der Waals surface area contributed by atoms with Gasteiger partial charge in [-0.1, -0.05) is 112 Å². The number of aromatic amines is 1. The Bertz CT molecular complexity index is 4020. The fourth-order valence-corrected chi connectivity index (χ4v) is 23.0. The molecule has 6 saturated heterocycles. The summed E-state index contributed by atoms with van der Waals surface area (Å²) in [6.45, 7) is 21.1. The number of rotatable bonds is 39. The first-order chi connectivity index (χ1) is 60.8. The maximum atomic E-state index is 15.5. The van der Waals surface area contributed by atoms with Crippen LogP contribution in [0.5, 0.6) is 0 Å². The Hall–Kier alpha value is -8.31. The van der Waals surface area contributed by atoms with Gasteiger partial charge in [0.25, 0.3) is 0 Å². The molecule has 0 spiro atoms. The molecule has 0 aliphatic carbocycles. The first-order valence-electron chi connectivity index (χ1n) is 44.0. The summed E-state index contributed by atoms with van der Waals surface area (Å²) in [4.78, 5) is 226. The summed E-state index contributed by atoms with van der Waals surface area (Å²) < 4.78 is 0. The van der Waals surface area contributed by atoms with Crippen LogP contribution in [0, 0.1) is 59.2 Å². The fourth-order valence-electron chi connectivity index (χ4n) is 17.2. The maximum absolute atomic E-state index is 15.5. The summed E-state index contributed by atoms with van der Waals surface area (Å²) in [5.74, 6) is -21.0. The number of nitrogens with one attached hydrogen (secondary N) is 19. The van der Waals surface area contributed by atoms with E-state index < -0.39 is 273 Å². The molecule has 726 valence electrons. The molecule has 7 heterocycles. The number of carbonyl (C=O) groups excluding carboxylic acids is 11. The molecule has 129 heavy (non-hydrogen) atoms. The van der Waals surface area contributed by atoms with E-state index >= 15 is 19.2 Å². The van der Waals surface area contributed by atoms with Gasteiger partial charge >= 0.3 is 29.8 Å². The summed E-state index contributed by atoms with van der Waals surface area (Å²) in [6.07, 6.45) is -5.93. The lowest BCUT2D eigenvalue weighted by atomic mass is 9.86. The van der Waals surface area contributed by atoms with E-state index in [1.54, 1.807) is 13.8 Å². The van der Waals surface area contributed by atoms with Crippen molar-refractivity contribution < 1.29 is 107 Å². The zero-order valence-electron chi connectivity index (χ0n) is 74.7. The van der Waals surface area contributed by atoms with Gasteiger partial charge in [-0.2, -0.15) is 0 Å². The van der Waals surface area contributed by atoms with Crippen LogP contribution in [-0.4, -0.2) is 286 Å². The molecular formula is C80H135N23O22S4. The zero-order valence-corrected chi connectivity index (χ0v) is 77.9. The lowest BCUT2D eigenvalue weighted by molar-refractivity contribution is -0.144. The number of aliphatic hydroxyl groups is 1. The predicted molar refractivity (Wildman–Crippen MR) is 478 cm³/mol. The Labute approximate surface area is 764 Å². The van der Waals surface area contributed by atoms with Crippen molar-refractivity contribution >= 4 is 138 Å². The lowest BCUT2D eigenvalue weighted by Gasteiger charge is -2.33.